The van der Waals surface area contributed by atoms with Gasteiger partial charge in [0.25, 0.3) is 5.91 Å². The molecule has 31 heavy (non-hydrogen) atoms. The Kier molecular flexibility index (Phi) is 7.05. The molecule has 1 amide bonds. The topological polar surface area (TPSA) is 109 Å². The monoisotopic (exact) mass is 459 g/mol. The number of aromatic nitrogens is 3. The smallest absolute Gasteiger partial charge is 0.475 e. The molecule has 0 bridgehead atoms. The van der Waals surface area contributed by atoms with E-state index in [9.17, 15) is 18.0 Å². The van der Waals surface area contributed by atoms with Crippen LogP contribution in [0.1, 0.15) is 23.2 Å². The van der Waals surface area contributed by atoms with Crippen LogP contribution in [0.15, 0.2) is 30.0 Å². The molecule has 2 saturated heterocycles. The summed E-state index contributed by atoms with van der Waals surface area (Å²) >= 11 is 1.54. The van der Waals surface area contributed by atoms with Crippen LogP contribution < -0.4 is 4.90 Å². The average Bonchev–Trinajstić information content (AvgIpc) is 3.29. The molecule has 1 spiro atoms. The number of carboxylic acid groups (broad SMARTS) is 1. The minimum Gasteiger partial charge on any atom is -0.475 e. The van der Waals surface area contributed by atoms with Gasteiger partial charge in [0.05, 0.1) is 19.7 Å². The lowest BCUT2D eigenvalue weighted by atomic mass is 9.90. The van der Waals surface area contributed by atoms with Crippen LogP contribution in [-0.4, -0.2) is 81.6 Å². The van der Waals surface area contributed by atoms with Gasteiger partial charge in [-0.05, 0) is 25.0 Å². The Labute approximate surface area is 179 Å². The van der Waals surface area contributed by atoms with Gasteiger partial charge in [-0.25, -0.2) is 4.79 Å². The summed E-state index contributed by atoms with van der Waals surface area (Å²) in [7, 11) is 0. The summed E-state index contributed by atoms with van der Waals surface area (Å²) in [5, 5.41) is 16.2. The number of hydrogen-bond donors (Lipinski definition) is 1. The van der Waals surface area contributed by atoms with Crippen molar-refractivity contribution in [2.75, 3.05) is 37.7 Å². The number of ether oxygens (including phenoxy) is 1. The van der Waals surface area contributed by atoms with Crippen LogP contribution in [-0.2, 0) is 9.53 Å². The van der Waals surface area contributed by atoms with Crippen molar-refractivity contribution in [3.8, 4) is 0 Å². The number of aliphatic carboxylic acids is 1. The number of hydrogen-bond acceptors (Lipinski definition) is 8. The number of halogens is 3. The second kappa shape index (κ2) is 9.56. The highest BCUT2D eigenvalue weighted by Crippen LogP contribution is 2.32. The second-order valence-corrected chi connectivity index (χ2v) is 7.86. The first-order valence-electron chi connectivity index (χ1n) is 9.35. The zero-order valence-electron chi connectivity index (χ0n) is 16.3. The van der Waals surface area contributed by atoms with Crippen molar-refractivity contribution < 1.29 is 32.6 Å². The normalized spacial score (nSPS) is 21.4. The van der Waals surface area contributed by atoms with Crippen molar-refractivity contribution in [1.29, 1.82) is 0 Å². The fraction of sp³-hybridized carbons (Fsp3) is 0.500. The van der Waals surface area contributed by atoms with Crippen molar-refractivity contribution in [1.82, 2.24) is 20.1 Å². The minimum absolute atomic E-state index is 0.0492. The summed E-state index contributed by atoms with van der Waals surface area (Å²) < 4.78 is 37.9. The molecular weight excluding hydrogens is 439 g/mol. The fourth-order valence-corrected chi connectivity index (χ4v) is 4.10. The highest BCUT2D eigenvalue weighted by Gasteiger charge is 2.42. The Morgan fingerprint density at radius 2 is 1.90 bits per heavy atom. The molecule has 168 valence electrons. The van der Waals surface area contributed by atoms with Crippen LogP contribution in [0.25, 0.3) is 0 Å². The maximum atomic E-state index is 12.7. The van der Waals surface area contributed by atoms with E-state index in [0.717, 1.165) is 31.1 Å². The van der Waals surface area contributed by atoms with E-state index < -0.39 is 12.1 Å². The van der Waals surface area contributed by atoms with Crippen LogP contribution in [0, 0.1) is 0 Å². The van der Waals surface area contributed by atoms with Gasteiger partial charge >= 0.3 is 12.1 Å². The van der Waals surface area contributed by atoms with E-state index in [4.69, 9.17) is 14.6 Å². The van der Waals surface area contributed by atoms with E-state index in [1.165, 1.54) is 0 Å². The van der Waals surface area contributed by atoms with Crippen LogP contribution >= 0.6 is 11.3 Å². The molecule has 4 heterocycles. The van der Waals surface area contributed by atoms with Gasteiger partial charge < -0.3 is 19.6 Å². The predicted octanol–water partition coefficient (Wildman–Crippen LogP) is 2.08. The van der Waals surface area contributed by atoms with Gasteiger partial charge in [-0.15, -0.1) is 10.2 Å². The number of amides is 1. The Balaban J connectivity index is 0.000000339. The number of carbonyl (C=O) groups excluding carboxylic acids is 1. The van der Waals surface area contributed by atoms with Gasteiger partial charge in [-0.2, -0.15) is 13.2 Å². The highest BCUT2D eigenvalue weighted by atomic mass is 32.1. The van der Waals surface area contributed by atoms with Crippen LogP contribution in [0.2, 0.25) is 0 Å². The molecule has 0 aromatic carbocycles. The molecule has 2 aliphatic heterocycles. The second-order valence-electron chi connectivity index (χ2n) is 7.04. The van der Waals surface area contributed by atoms with Crippen molar-refractivity contribution in [3.05, 3.63) is 35.6 Å². The first kappa shape index (κ1) is 22.9. The number of anilines is 1. The molecule has 2 aliphatic rings. The lowest BCUT2D eigenvalue weighted by molar-refractivity contribution is -0.192. The van der Waals surface area contributed by atoms with Crippen LogP contribution in [0.3, 0.4) is 0 Å². The summed E-state index contributed by atoms with van der Waals surface area (Å²) in [6.07, 6.45) is 0.210. The molecule has 4 rings (SSSR count). The molecule has 0 saturated carbocycles. The van der Waals surface area contributed by atoms with Crippen molar-refractivity contribution in [3.63, 3.8) is 0 Å². The number of carboxylic acids is 1. The number of carbonyl (C=O) groups is 2. The number of piperidine rings is 1. The van der Waals surface area contributed by atoms with E-state index >= 15 is 0 Å². The first-order valence-corrected chi connectivity index (χ1v) is 10.2. The van der Waals surface area contributed by atoms with E-state index in [-0.39, 0.29) is 11.5 Å². The third kappa shape index (κ3) is 5.88. The Bertz CT molecular complexity index is 880. The number of nitrogens with zero attached hydrogens (tertiary/aromatic N) is 5. The quantitative estimate of drug-likeness (QED) is 0.727. The largest absolute Gasteiger partial charge is 0.490 e. The number of alkyl halides is 3. The van der Waals surface area contributed by atoms with Crippen LogP contribution in [0.5, 0.6) is 0 Å². The molecular formula is C18H20F3N5O4S. The molecule has 0 radical (unpaired) electrons. The van der Waals surface area contributed by atoms with Gasteiger partial charge in [0.2, 0.25) is 5.13 Å². The van der Waals surface area contributed by atoms with Gasteiger partial charge in [-0.1, -0.05) is 11.3 Å². The summed E-state index contributed by atoms with van der Waals surface area (Å²) in [4.78, 5) is 29.8. The third-order valence-electron chi connectivity index (χ3n) is 4.86. The Morgan fingerprint density at radius 3 is 2.52 bits per heavy atom. The maximum Gasteiger partial charge on any atom is 0.490 e. The summed E-state index contributed by atoms with van der Waals surface area (Å²) in [5.74, 6) is -2.71. The summed E-state index contributed by atoms with van der Waals surface area (Å²) in [5.41, 5.74) is 2.11. The predicted molar refractivity (Wildman–Crippen MR) is 104 cm³/mol. The molecule has 0 aliphatic carbocycles. The van der Waals surface area contributed by atoms with Crippen LogP contribution in [0.4, 0.5) is 18.3 Å². The molecule has 1 unspecified atom stereocenters. The van der Waals surface area contributed by atoms with Gasteiger partial charge in [0.15, 0.2) is 0 Å². The molecule has 13 heteroatoms. The van der Waals surface area contributed by atoms with E-state index in [0.29, 0.717) is 25.3 Å². The van der Waals surface area contributed by atoms with Gasteiger partial charge in [0, 0.05) is 31.0 Å². The Morgan fingerprint density at radius 1 is 1.19 bits per heavy atom. The maximum absolute atomic E-state index is 12.7. The first-order chi connectivity index (χ1) is 14.7. The zero-order valence-corrected chi connectivity index (χ0v) is 17.1. The number of rotatable bonds is 2. The standard InChI is InChI=1S/C16H19N5O2S.C2HF3O2/c22-14(13-2-5-17-6-3-13)20-8-9-23-16(10-20)4-1-7-21(11-16)15-19-18-12-24-15;3-2(4,5)1(6)7/h2-3,5-6,12H,1,4,7-11H2;(H,6,7). The Hall–Kier alpha value is -2.80. The number of pyridine rings is 1. The van der Waals surface area contributed by atoms with Crippen molar-refractivity contribution in [2.24, 2.45) is 0 Å². The molecule has 2 aromatic heterocycles. The van der Waals surface area contributed by atoms with E-state index in [1.807, 2.05) is 4.90 Å². The zero-order chi connectivity index (χ0) is 22.5. The molecule has 2 aromatic rings. The van der Waals surface area contributed by atoms with E-state index in [1.54, 1.807) is 41.4 Å². The van der Waals surface area contributed by atoms with E-state index in [2.05, 4.69) is 20.1 Å². The molecule has 1 N–H and O–H groups in total. The molecule has 9 nitrogen and oxygen atoms in total. The lowest BCUT2D eigenvalue weighted by Crippen LogP contribution is -2.60. The van der Waals surface area contributed by atoms with Gasteiger partial charge in [0.1, 0.15) is 11.1 Å². The summed E-state index contributed by atoms with van der Waals surface area (Å²) in [6, 6.07) is 3.53. The molecule has 1 atom stereocenters. The van der Waals surface area contributed by atoms with Gasteiger partial charge in [-0.3, -0.25) is 9.78 Å². The number of morpholine rings is 1. The molecule has 2 fully saturated rings. The highest BCUT2D eigenvalue weighted by molar-refractivity contribution is 7.13. The average molecular weight is 459 g/mol. The van der Waals surface area contributed by atoms with Crippen molar-refractivity contribution >= 4 is 28.3 Å². The SMILES string of the molecule is O=C(O)C(F)(F)F.O=C(c1ccncc1)N1CCOC2(CCCN(c3nncs3)C2)C1. The minimum atomic E-state index is -5.08. The summed E-state index contributed by atoms with van der Waals surface area (Å²) in [6.45, 7) is 3.52. The third-order valence-corrected chi connectivity index (χ3v) is 5.61. The fourth-order valence-electron chi connectivity index (χ4n) is 3.51. The van der Waals surface area contributed by atoms with Crippen molar-refractivity contribution in [2.45, 2.75) is 24.6 Å². The lowest BCUT2D eigenvalue weighted by Gasteiger charge is -2.47.